The monoisotopic (exact) mass is 251 g/mol. The molecule has 1 amide bonds. The maximum atomic E-state index is 11.6. The van der Waals surface area contributed by atoms with Crippen molar-refractivity contribution in [1.82, 2.24) is 4.90 Å². The number of rotatable bonds is 6. The van der Waals surface area contributed by atoms with E-state index in [2.05, 4.69) is 0 Å². The standard InChI is InChI=1S/C13H17NO4/c1-10-5-3-4-6-11(10)7-14(2)12(15)8-18-9-13(16)17/h3-6H,7-9H2,1-2H3,(H,16,17). The molecule has 0 atom stereocenters. The van der Waals surface area contributed by atoms with Crippen LogP contribution in [0.15, 0.2) is 24.3 Å². The van der Waals surface area contributed by atoms with Gasteiger partial charge in [-0.05, 0) is 18.1 Å². The zero-order valence-electron chi connectivity index (χ0n) is 10.5. The summed E-state index contributed by atoms with van der Waals surface area (Å²) in [5.41, 5.74) is 2.18. The minimum atomic E-state index is -1.08. The van der Waals surface area contributed by atoms with Crippen LogP contribution in [0.25, 0.3) is 0 Å². The molecule has 0 radical (unpaired) electrons. The quantitative estimate of drug-likeness (QED) is 0.820. The van der Waals surface area contributed by atoms with Crippen LogP contribution in [0.1, 0.15) is 11.1 Å². The van der Waals surface area contributed by atoms with Crippen molar-refractivity contribution in [2.24, 2.45) is 0 Å². The van der Waals surface area contributed by atoms with E-state index in [0.717, 1.165) is 11.1 Å². The summed E-state index contributed by atoms with van der Waals surface area (Å²) in [7, 11) is 1.67. The van der Waals surface area contributed by atoms with Crippen molar-refractivity contribution >= 4 is 11.9 Å². The molecule has 0 saturated carbocycles. The first-order valence-corrected chi connectivity index (χ1v) is 5.58. The third kappa shape index (κ3) is 4.55. The molecule has 0 spiro atoms. The number of hydrogen-bond donors (Lipinski definition) is 1. The van der Waals surface area contributed by atoms with E-state index in [4.69, 9.17) is 9.84 Å². The maximum absolute atomic E-state index is 11.6. The lowest BCUT2D eigenvalue weighted by Gasteiger charge is -2.18. The van der Waals surface area contributed by atoms with Crippen LogP contribution in [0.5, 0.6) is 0 Å². The largest absolute Gasteiger partial charge is 0.480 e. The molecule has 1 aromatic carbocycles. The van der Waals surface area contributed by atoms with E-state index in [1.54, 1.807) is 7.05 Å². The highest BCUT2D eigenvalue weighted by atomic mass is 16.5. The number of ether oxygens (including phenoxy) is 1. The van der Waals surface area contributed by atoms with E-state index >= 15 is 0 Å². The van der Waals surface area contributed by atoms with E-state index in [0.29, 0.717) is 6.54 Å². The molecule has 5 nitrogen and oxygen atoms in total. The van der Waals surface area contributed by atoms with Gasteiger partial charge in [0.2, 0.25) is 5.91 Å². The van der Waals surface area contributed by atoms with Crippen molar-refractivity contribution < 1.29 is 19.4 Å². The number of aryl methyl sites for hydroxylation is 1. The predicted molar refractivity (Wildman–Crippen MR) is 66.1 cm³/mol. The predicted octanol–water partition coefficient (Wildman–Crippen LogP) is 1.05. The molecule has 0 saturated heterocycles. The first-order valence-electron chi connectivity index (χ1n) is 5.58. The van der Waals surface area contributed by atoms with Gasteiger partial charge >= 0.3 is 5.97 Å². The fraction of sp³-hybridized carbons (Fsp3) is 0.385. The second-order valence-electron chi connectivity index (χ2n) is 4.06. The third-order valence-corrected chi connectivity index (χ3v) is 2.55. The lowest BCUT2D eigenvalue weighted by Crippen LogP contribution is -2.30. The Balaban J connectivity index is 2.45. The Kier molecular flexibility index (Phi) is 5.32. The summed E-state index contributed by atoms with van der Waals surface area (Å²) < 4.78 is 4.76. The minimum Gasteiger partial charge on any atom is -0.480 e. The Morgan fingerprint density at radius 3 is 2.56 bits per heavy atom. The highest BCUT2D eigenvalue weighted by molar-refractivity contribution is 5.77. The Bertz CT molecular complexity index is 431. The number of carboxylic acid groups (broad SMARTS) is 1. The van der Waals surface area contributed by atoms with E-state index in [9.17, 15) is 9.59 Å². The summed E-state index contributed by atoms with van der Waals surface area (Å²) in [6, 6.07) is 7.80. The SMILES string of the molecule is Cc1ccccc1CN(C)C(=O)COCC(=O)O. The lowest BCUT2D eigenvalue weighted by atomic mass is 10.1. The smallest absolute Gasteiger partial charge is 0.329 e. The Labute approximate surface area is 106 Å². The van der Waals surface area contributed by atoms with Crippen LogP contribution in [-0.4, -0.2) is 42.1 Å². The molecule has 18 heavy (non-hydrogen) atoms. The Morgan fingerprint density at radius 2 is 1.94 bits per heavy atom. The topological polar surface area (TPSA) is 66.8 Å². The van der Waals surface area contributed by atoms with Crippen LogP contribution in [0.4, 0.5) is 0 Å². The zero-order chi connectivity index (χ0) is 13.5. The van der Waals surface area contributed by atoms with Gasteiger partial charge < -0.3 is 14.7 Å². The molecular weight excluding hydrogens is 234 g/mol. The number of benzene rings is 1. The van der Waals surface area contributed by atoms with Gasteiger partial charge in [-0.25, -0.2) is 4.79 Å². The number of carbonyl (C=O) groups is 2. The molecule has 0 heterocycles. The molecule has 98 valence electrons. The number of carboxylic acids is 1. The highest BCUT2D eigenvalue weighted by Crippen LogP contribution is 2.09. The molecule has 0 aliphatic rings. The average molecular weight is 251 g/mol. The summed E-state index contributed by atoms with van der Waals surface area (Å²) in [5, 5.41) is 8.39. The molecule has 1 rings (SSSR count). The summed E-state index contributed by atoms with van der Waals surface area (Å²) in [4.78, 5) is 23.4. The molecule has 1 aromatic rings. The van der Waals surface area contributed by atoms with Crippen molar-refractivity contribution in [3.05, 3.63) is 35.4 Å². The molecule has 0 fully saturated rings. The van der Waals surface area contributed by atoms with E-state index in [1.165, 1.54) is 4.90 Å². The number of aliphatic carboxylic acids is 1. The second kappa shape index (κ2) is 6.76. The van der Waals surface area contributed by atoms with Crippen LogP contribution in [0, 0.1) is 6.92 Å². The van der Waals surface area contributed by atoms with E-state index < -0.39 is 12.6 Å². The van der Waals surface area contributed by atoms with Crippen LogP contribution >= 0.6 is 0 Å². The third-order valence-electron chi connectivity index (χ3n) is 2.55. The molecule has 0 aliphatic carbocycles. The van der Waals surface area contributed by atoms with Crippen LogP contribution in [0.2, 0.25) is 0 Å². The average Bonchev–Trinajstić information content (AvgIpc) is 2.31. The van der Waals surface area contributed by atoms with Crippen LogP contribution in [0.3, 0.4) is 0 Å². The van der Waals surface area contributed by atoms with Gasteiger partial charge in [0.15, 0.2) is 0 Å². The molecule has 5 heteroatoms. The van der Waals surface area contributed by atoms with Crippen molar-refractivity contribution in [3.63, 3.8) is 0 Å². The second-order valence-corrected chi connectivity index (χ2v) is 4.06. The van der Waals surface area contributed by atoms with Crippen molar-refractivity contribution in [2.75, 3.05) is 20.3 Å². The van der Waals surface area contributed by atoms with Crippen LogP contribution in [-0.2, 0) is 20.9 Å². The number of carbonyl (C=O) groups excluding carboxylic acids is 1. The van der Waals surface area contributed by atoms with Gasteiger partial charge in [-0.2, -0.15) is 0 Å². The van der Waals surface area contributed by atoms with Crippen molar-refractivity contribution in [3.8, 4) is 0 Å². The van der Waals surface area contributed by atoms with Gasteiger partial charge in [0.25, 0.3) is 0 Å². The first-order chi connectivity index (χ1) is 8.50. The summed E-state index contributed by atoms with van der Waals surface area (Å²) >= 11 is 0. The molecular formula is C13H17NO4. The summed E-state index contributed by atoms with van der Waals surface area (Å²) in [5.74, 6) is -1.32. The Hall–Kier alpha value is -1.88. The maximum Gasteiger partial charge on any atom is 0.329 e. The molecule has 1 N–H and O–H groups in total. The summed E-state index contributed by atoms with van der Waals surface area (Å²) in [6.45, 7) is 1.80. The fourth-order valence-electron chi connectivity index (χ4n) is 1.47. The lowest BCUT2D eigenvalue weighted by molar-refractivity contribution is -0.145. The van der Waals surface area contributed by atoms with Crippen molar-refractivity contribution in [2.45, 2.75) is 13.5 Å². The number of likely N-dealkylation sites (N-methyl/N-ethyl adjacent to an activating group) is 1. The van der Waals surface area contributed by atoms with Crippen molar-refractivity contribution in [1.29, 1.82) is 0 Å². The van der Waals surface area contributed by atoms with Gasteiger partial charge in [-0.3, -0.25) is 4.79 Å². The van der Waals surface area contributed by atoms with Gasteiger partial charge in [0, 0.05) is 13.6 Å². The number of amides is 1. The highest BCUT2D eigenvalue weighted by Gasteiger charge is 2.11. The minimum absolute atomic E-state index is 0.214. The van der Waals surface area contributed by atoms with Gasteiger partial charge in [-0.1, -0.05) is 24.3 Å². The van der Waals surface area contributed by atoms with E-state index in [1.807, 2.05) is 31.2 Å². The fourth-order valence-corrected chi connectivity index (χ4v) is 1.47. The zero-order valence-corrected chi connectivity index (χ0v) is 10.5. The number of nitrogens with zero attached hydrogens (tertiary/aromatic N) is 1. The van der Waals surface area contributed by atoms with Crippen LogP contribution < -0.4 is 0 Å². The normalized spacial score (nSPS) is 10.1. The molecule has 0 aliphatic heterocycles. The van der Waals surface area contributed by atoms with Gasteiger partial charge in [-0.15, -0.1) is 0 Å². The van der Waals surface area contributed by atoms with E-state index in [-0.39, 0.29) is 12.5 Å². The Morgan fingerprint density at radius 1 is 1.28 bits per heavy atom. The molecule has 0 bridgehead atoms. The van der Waals surface area contributed by atoms with Gasteiger partial charge in [0.1, 0.15) is 13.2 Å². The molecule has 0 aromatic heterocycles. The number of hydrogen-bond acceptors (Lipinski definition) is 3. The van der Waals surface area contributed by atoms with Gasteiger partial charge in [0.05, 0.1) is 0 Å². The first kappa shape index (κ1) is 14.2. The molecule has 0 unspecified atom stereocenters. The summed E-state index contributed by atoms with van der Waals surface area (Å²) in [6.07, 6.45) is 0.